The van der Waals surface area contributed by atoms with E-state index in [-0.39, 0.29) is 0 Å². The van der Waals surface area contributed by atoms with Gasteiger partial charge in [-0.05, 0) is 12.8 Å². The van der Waals surface area contributed by atoms with E-state index in [1.807, 2.05) is 6.34 Å². The second kappa shape index (κ2) is 3.57. The molecule has 0 spiro atoms. The molecule has 0 radical (unpaired) electrons. The van der Waals surface area contributed by atoms with Crippen molar-refractivity contribution in [1.82, 2.24) is 4.90 Å². The third kappa shape index (κ3) is 1.96. The average Bonchev–Trinajstić information content (AvgIpc) is 2.88. The van der Waals surface area contributed by atoms with Crippen molar-refractivity contribution in [1.29, 1.82) is 0 Å². The lowest BCUT2D eigenvalue weighted by Gasteiger charge is -2.22. The minimum Gasteiger partial charge on any atom is -0.378 e. The molecule has 1 unspecified atom stereocenters. The Bertz CT molecular complexity index is 247. The summed E-state index contributed by atoms with van der Waals surface area (Å²) in [5.41, 5.74) is 5.67. The van der Waals surface area contributed by atoms with Crippen LogP contribution in [0, 0.1) is 0 Å². The van der Waals surface area contributed by atoms with Gasteiger partial charge in [0, 0.05) is 13.1 Å². The number of aliphatic imine (C=N–C) groups is 2. The highest BCUT2D eigenvalue weighted by Gasteiger charge is 2.35. The van der Waals surface area contributed by atoms with Crippen molar-refractivity contribution in [3.63, 3.8) is 0 Å². The van der Waals surface area contributed by atoms with Crippen LogP contribution in [0.1, 0.15) is 12.8 Å². The molecule has 0 aromatic rings. The maximum absolute atomic E-state index is 5.67. The van der Waals surface area contributed by atoms with Crippen LogP contribution in [0.3, 0.4) is 0 Å². The Morgan fingerprint density at radius 2 is 2.46 bits per heavy atom. The van der Waals surface area contributed by atoms with Crippen LogP contribution in [-0.4, -0.2) is 41.4 Å². The van der Waals surface area contributed by atoms with Gasteiger partial charge in [-0.3, -0.25) is 9.98 Å². The van der Waals surface area contributed by atoms with Crippen LogP contribution in [-0.2, 0) is 0 Å². The molecule has 4 nitrogen and oxygen atoms in total. The molecule has 1 heterocycles. The summed E-state index contributed by atoms with van der Waals surface area (Å²) in [6, 6.07) is 0.716. The van der Waals surface area contributed by atoms with Gasteiger partial charge in [0.15, 0.2) is 5.17 Å². The van der Waals surface area contributed by atoms with Crippen LogP contribution in [0.4, 0.5) is 0 Å². The van der Waals surface area contributed by atoms with E-state index in [4.69, 9.17) is 5.73 Å². The number of nitrogens with zero attached hydrogens (tertiary/aromatic N) is 3. The van der Waals surface area contributed by atoms with Crippen LogP contribution in [0.5, 0.6) is 0 Å². The molecule has 2 N–H and O–H groups in total. The van der Waals surface area contributed by atoms with Crippen molar-refractivity contribution >= 4 is 23.3 Å². The van der Waals surface area contributed by atoms with Gasteiger partial charge in [-0.15, -0.1) is 0 Å². The highest BCUT2D eigenvalue weighted by atomic mass is 32.2. The summed E-state index contributed by atoms with van der Waals surface area (Å²) in [7, 11) is 1.72. The molecular formula is C8H14N4S. The molecule has 13 heavy (non-hydrogen) atoms. The topological polar surface area (TPSA) is 54.0 Å². The fourth-order valence-corrected chi connectivity index (χ4v) is 2.29. The zero-order valence-corrected chi connectivity index (χ0v) is 8.50. The molecule has 0 amide bonds. The first kappa shape index (κ1) is 8.87. The van der Waals surface area contributed by atoms with Crippen molar-refractivity contribution in [3.05, 3.63) is 0 Å². The zero-order chi connectivity index (χ0) is 9.26. The molecule has 2 aliphatic rings. The Labute approximate surface area is 82.3 Å². The fourth-order valence-electron chi connectivity index (χ4n) is 1.39. The lowest BCUT2D eigenvalue weighted by molar-refractivity contribution is 0.430. The summed E-state index contributed by atoms with van der Waals surface area (Å²) in [4.78, 5) is 10.5. The van der Waals surface area contributed by atoms with Gasteiger partial charge in [0.05, 0.1) is 12.9 Å². The maximum Gasteiger partial charge on any atom is 0.155 e. The summed E-state index contributed by atoms with van der Waals surface area (Å²) in [5.74, 6) is 0. The van der Waals surface area contributed by atoms with Crippen molar-refractivity contribution in [3.8, 4) is 0 Å². The van der Waals surface area contributed by atoms with Crippen LogP contribution in [0.25, 0.3) is 0 Å². The third-order valence-corrected chi connectivity index (χ3v) is 3.34. The summed E-state index contributed by atoms with van der Waals surface area (Å²) < 4.78 is 0. The van der Waals surface area contributed by atoms with Gasteiger partial charge < -0.3 is 10.6 Å². The smallest absolute Gasteiger partial charge is 0.155 e. The van der Waals surface area contributed by atoms with Gasteiger partial charge in [0.25, 0.3) is 0 Å². The average molecular weight is 198 g/mol. The predicted octanol–water partition coefficient (Wildman–Crippen LogP) is 0.496. The van der Waals surface area contributed by atoms with Gasteiger partial charge >= 0.3 is 0 Å². The van der Waals surface area contributed by atoms with Gasteiger partial charge in [-0.1, -0.05) is 11.8 Å². The summed E-state index contributed by atoms with van der Waals surface area (Å²) in [5, 5.41) is 1.04. The van der Waals surface area contributed by atoms with E-state index < -0.39 is 0 Å². The summed E-state index contributed by atoms with van der Waals surface area (Å²) in [6.45, 7) is 0.845. The Morgan fingerprint density at radius 3 is 3.08 bits per heavy atom. The molecule has 0 aromatic heterocycles. The van der Waals surface area contributed by atoms with E-state index in [1.165, 1.54) is 12.8 Å². The Hall–Kier alpha value is -0.710. The van der Waals surface area contributed by atoms with Crippen molar-refractivity contribution < 1.29 is 0 Å². The molecule has 2 rings (SSSR count). The van der Waals surface area contributed by atoms with Crippen LogP contribution in [0.2, 0.25) is 0 Å². The lowest BCUT2D eigenvalue weighted by Crippen LogP contribution is -2.32. The Morgan fingerprint density at radius 1 is 1.69 bits per heavy atom. The van der Waals surface area contributed by atoms with Crippen molar-refractivity contribution in [2.45, 2.75) is 24.3 Å². The first-order valence-corrected chi connectivity index (χ1v) is 5.35. The fraction of sp³-hybridized carbons (Fsp3) is 0.750. The number of thioether (sulfide) groups is 1. The van der Waals surface area contributed by atoms with E-state index in [0.717, 1.165) is 6.54 Å². The van der Waals surface area contributed by atoms with Gasteiger partial charge in [0.1, 0.15) is 5.37 Å². The molecule has 0 saturated heterocycles. The highest BCUT2D eigenvalue weighted by Crippen LogP contribution is 2.32. The van der Waals surface area contributed by atoms with E-state index in [1.54, 1.807) is 18.8 Å². The van der Waals surface area contributed by atoms with Crippen LogP contribution in [0.15, 0.2) is 9.98 Å². The number of nitrogens with two attached hydrogens (primary N) is 1. The number of rotatable bonds is 2. The number of hydrogen-bond donors (Lipinski definition) is 1. The molecule has 0 aromatic carbocycles. The molecule has 1 fully saturated rings. The standard InChI is InChI=1S/C8H14N4S/c1-10-8(9)13-7-4-11-5-12(7)6-2-3-6/h5-7H,2-4H2,1H3,(H2,9,10). The van der Waals surface area contributed by atoms with Crippen molar-refractivity contribution in [2.75, 3.05) is 13.6 Å². The molecule has 1 aliphatic heterocycles. The molecule has 5 heteroatoms. The van der Waals surface area contributed by atoms with Crippen molar-refractivity contribution in [2.24, 2.45) is 15.7 Å². The molecule has 72 valence electrons. The zero-order valence-electron chi connectivity index (χ0n) is 7.68. The first-order valence-electron chi connectivity index (χ1n) is 4.47. The third-order valence-electron chi connectivity index (χ3n) is 2.25. The van der Waals surface area contributed by atoms with Gasteiger partial charge in [0.2, 0.25) is 0 Å². The molecule has 1 saturated carbocycles. The molecule has 1 atom stereocenters. The van der Waals surface area contributed by atoms with E-state index in [9.17, 15) is 0 Å². The van der Waals surface area contributed by atoms with Gasteiger partial charge in [-0.25, -0.2) is 0 Å². The largest absolute Gasteiger partial charge is 0.378 e. The van der Waals surface area contributed by atoms with Crippen LogP contribution >= 0.6 is 11.8 Å². The summed E-state index contributed by atoms with van der Waals surface area (Å²) >= 11 is 1.61. The Balaban J connectivity index is 1.92. The van der Waals surface area contributed by atoms with E-state index in [0.29, 0.717) is 16.6 Å². The minimum atomic E-state index is 0.385. The number of hydrogen-bond acceptors (Lipinski definition) is 4. The molecule has 0 bridgehead atoms. The maximum atomic E-state index is 5.67. The molecule has 1 aliphatic carbocycles. The molecular weight excluding hydrogens is 184 g/mol. The first-order chi connectivity index (χ1) is 6.31. The highest BCUT2D eigenvalue weighted by molar-refractivity contribution is 8.14. The van der Waals surface area contributed by atoms with E-state index in [2.05, 4.69) is 14.9 Å². The minimum absolute atomic E-state index is 0.385. The Kier molecular flexibility index (Phi) is 2.44. The van der Waals surface area contributed by atoms with Crippen LogP contribution < -0.4 is 5.73 Å². The van der Waals surface area contributed by atoms with Gasteiger partial charge in [-0.2, -0.15) is 0 Å². The normalized spacial score (nSPS) is 28.5. The monoisotopic (exact) mass is 198 g/mol. The SMILES string of the molecule is C/N=C(/N)SC1CN=CN1C1CC1. The quantitative estimate of drug-likeness (QED) is 0.519. The number of amidine groups is 1. The summed E-state index contributed by atoms with van der Waals surface area (Å²) in [6.07, 6.45) is 4.55. The second-order valence-corrected chi connectivity index (χ2v) is 4.49. The second-order valence-electron chi connectivity index (χ2n) is 3.29. The lowest BCUT2D eigenvalue weighted by atomic mass is 10.5. The predicted molar refractivity (Wildman–Crippen MR) is 57.1 cm³/mol. The van der Waals surface area contributed by atoms with E-state index >= 15 is 0 Å².